The van der Waals surface area contributed by atoms with E-state index in [1.807, 2.05) is 6.07 Å². The van der Waals surface area contributed by atoms with Crippen molar-refractivity contribution in [3.63, 3.8) is 0 Å². The highest BCUT2D eigenvalue weighted by Crippen LogP contribution is 2.49. The normalized spacial score (nSPS) is 13.1. The van der Waals surface area contributed by atoms with Crippen LogP contribution in [0.2, 0.25) is 0 Å². The van der Waals surface area contributed by atoms with Crippen LogP contribution < -0.4 is 14.6 Å². The molecular weight excluding hydrogens is 367 g/mol. The zero-order valence-electron chi connectivity index (χ0n) is 15.6. The van der Waals surface area contributed by atoms with Crippen LogP contribution in [-0.4, -0.2) is 26.3 Å². The highest BCUT2D eigenvalue weighted by atomic mass is 31.2. The van der Waals surface area contributed by atoms with Crippen LogP contribution in [-0.2, 0) is 18.6 Å². The van der Waals surface area contributed by atoms with Crippen molar-refractivity contribution >= 4 is 24.9 Å². The van der Waals surface area contributed by atoms with Gasteiger partial charge in [0.2, 0.25) is 0 Å². The second kappa shape index (κ2) is 9.95. The van der Waals surface area contributed by atoms with Crippen LogP contribution in [0.25, 0.3) is 6.08 Å². The van der Waals surface area contributed by atoms with Crippen molar-refractivity contribution in [2.45, 2.75) is 13.8 Å². The summed E-state index contributed by atoms with van der Waals surface area (Å²) in [4.78, 5) is 11.4. The van der Waals surface area contributed by atoms with Crippen molar-refractivity contribution in [3.8, 4) is 11.5 Å². The number of benzene rings is 2. The standard InChI is InChI=1S/C20H23O6P/c1-4-24-20(21)14-12-16-11-13-18(19(15-16)23-3)26-27(22,25-5-2)17-9-7-6-8-10-17/h6-15H,4-5H2,1-3H3/b14-12+. The number of esters is 1. The number of carbonyl (C=O) groups is 1. The third kappa shape index (κ3) is 5.71. The number of hydrogen-bond donors (Lipinski definition) is 0. The average molecular weight is 390 g/mol. The van der Waals surface area contributed by atoms with Gasteiger partial charge in [0.05, 0.1) is 25.6 Å². The third-order valence-corrected chi connectivity index (χ3v) is 5.44. The van der Waals surface area contributed by atoms with Gasteiger partial charge in [0.1, 0.15) is 0 Å². The second-order valence-corrected chi connectivity index (χ2v) is 7.29. The fourth-order valence-electron chi connectivity index (χ4n) is 2.28. The van der Waals surface area contributed by atoms with Crippen LogP contribution in [0.15, 0.2) is 54.6 Å². The smallest absolute Gasteiger partial charge is 0.410 e. The van der Waals surface area contributed by atoms with Crippen LogP contribution in [0.4, 0.5) is 0 Å². The predicted molar refractivity (Wildman–Crippen MR) is 105 cm³/mol. The molecule has 0 amide bonds. The molecule has 0 aliphatic carbocycles. The Hall–Kier alpha value is -2.56. The van der Waals surface area contributed by atoms with E-state index in [4.69, 9.17) is 18.5 Å². The lowest BCUT2D eigenvalue weighted by atomic mass is 10.2. The Morgan fingerprint density at radius 1 is 1.04 bits per heavy atom. The molecule has 6 nitrogen and oxygen atoms in total. The molecule has 2 rings (SSSR count). The first kappa shape index (κ1) is 20.7. The summed E-state index contributed by atoms with van der Waals surface area (Å²) in [5.74, 6) is 0.227. The maximum absolute atomic E-state index is 13.2. The minimum absolute atomic E-state index is 0.231. The lowest BCUT2D eigenvalue weighted by Gasteiger charge is -2.20. The molecule has 0 saturated carbocycles. The molecule has 0 aromatic heterocycles. The Morgan fingerprint density at radius 3 is 2.41 bits per heavy atom. The van der Waals surface area contributed by atoms with E-state index in [0.717, 1.165) is 0 Å². The van der Waals surface area contributed by atoms with Crippen molar-refractivity contribution in [2.75, 3.05) is 20.3 Å². The van der Waals surface area contributed by atoms with Crippen LogP contribution in [0.5, 0.6) is 11.5 Å². The maximum atomic E-state index is 13.2. The Kier molecular flexibility index (Phi) is 7.65. The van der Waals surface area contributed by atoms with Crippen molar-refractivity contribution < 1.29 is 27.9 Å². The van der Waals surface area contributed by atoms with E-state index < -0.39 is 13.6 Å². The highest BCUT2D eigenvalue weighted by molar-refractivity contribution is 7.62. The van der Waals surface area contributed by atoms with Crippen molar-refractivity contribution in [3.05, 3.63) is 60.2 Å². The molecule has 2 aromatic rings. The Bertz CT molecular complexity index is 832. The molecule has 1 atom stereocenters. The van der Waals surface area contributed by atoms with Gasteiger partial charge in [-0.15, -0.1) is 0 Å². The molecule has 0 aliphatic heterocycles. The van der Waals surface area contributed by atoms with Crippen LogP contribution >= 0.6 is 7.60 Å². The fourth-order valence-corrected chi connectivity index (χ4v) is 3.88. The number of carbonyl (C=O) groups excluding carboxylic acids is 1. The summed E-state index contributed by atoms with van der Waals surface area (Å²) in [6, 6.07) is 13.8. The van der Waals surface area contributed by atoms with Gasteiger partial charge in [-0.05, 0) is 49.8 Å². The van der Waals surface area contributed by atoms with Gasteiger partial charge in [-0.25, -0.2) is 9.36 Å². The lowest BCUT2D eigenvalue weighted by Crippen LogP contribution is -2.12. The van der Waals surface area contributed by atoms with Crippen LogP contribution in [0.3, 0.4) is 0 Å². The van der Waals surface area contributed by atoms with Gasteiger partial charge in [0.25, 0.3) is 0 Å². The topological polar surface area (TPSA) is 71.1 Å². The molecule has 27 heavy (non-hydrogen) atoms. The molecule has 0 heterocycles. The summed E-state index contributed by atoms with van der Waals surface area (Å²) in [6.45, 7) is 4.03. The molecule has 0 aliphatic rings. The summed E-state index contributed by atoms with van der Waals surface area (Å²) in [5.41, 5.74) is 0.707. The second-order valence-electron chi connectivity index (χ2n) is 5.34. The Labute approximate surface area is 159 Å². The largest absolute Gasteiger partial charge is 0.493 e. The van der Waals surface area contributed by atoms with Crippen molar-refractivity contribution in [2.24, 2.45) is 0 Å². The average Bonchev–Trinajstić information content (AvgIpc) is 2.68. The quantitative estimate of drug-likeness (QED) is 0.363. The summed E-state index contributed by atoms with van der Waals surface area (Å²) in [6.07, 6.45) is 2.93. The predicted octanol–water partition coefficient (Wildman–Crippen LogP) is 4.21. The lowest BCUT2D eigenvalue weighted by molar-refractivity contribution is -0.137. The van der Waals surface area contributed by atoms with E-state index in [-0.39, 0.29) is 12.4 Å². The summed E-state index contributed by atoms with van der Waals surface area (Å²) < 4.78 is 34.7. The summed E-state index contributed by atoms with van der Waals surface area (Å²) in [5, 5.41) is 0.459. The van der Waals surface area contributed by atoms with Crippen molar-refractivity contribution in [1.29, 1.82) is 0 Å². The highest BCUT2D eigenvalue weighted by Gasteiger charge is 2.29. The molecule has 0 radical (unpaired) electrons. The minimum Gasteiger partial charge on any atom is -0.493 e. The van der Waals surface area contributed by atoms with E-state index >= 15 is 0 Å². The Morgan fingerprint density at radius 2 is 1.78 bits per heavy atom. The van der Waals surface area contributed by atoms with E-state index in [9.17, 15) is 9.36 Å². The molecule has 144 valence electrons. The summed E-state index contributed by atoms with van der Waals surface area (Å²) in [7, 11) is -2.08. The minimum atomic E-state index is -3.56. The van der Waals surface area contributed by atoms with Crippen LogP contribution in [0.1, 0.15) is 19.4 Å². The number of hydrogen-bond acceptors (Lipinski definition) is 6. The summed E-state index contributed by atoms with van der Waals surface area (Å²) >= 11 is 0. The van der Waals surface area contributed by atoms with Gasteiger partial charge in [-0.2, -0.15) is 0 Å². The first-order valence-corrected chi connectivity index (χ1v) is 10.1. The van der Waals surface area contributed by atoms with E-state index in [0.29, 0.717) is 23.2 Å². The SMILES string of the molecule is CCOC(=O)/C=C/c1ccc(OP(=O)(OCC)c2ccccc2)c(OC)c1. The van der Waals surface area contributed by atoms with Gasteiger partial charge in [-0.3, -0.25) is 4.52 Å². The van der Waals surface area contributed by atoms with Gasteiger partial charge in [-0.1, -0.05) is 24.3 Å². The third-order valence-electron chi connectivity index (χ3n) is 3.48. The zero-order valence-corrected chi connectivity index (χ0v) is 16.5. The number of rotatable bonds is 9. The molecule has 0 spiro atoms. The Balaban J connectivity index is 2.29. The zero-order chi connectivity index (χ0) is 19.7. The van der Waals surface area contributed by atoms with E-state index in [1.165, 1.54) is 13.2 Å². The molecule has 0 saturated heterocycles. The molecular formula is C20H23O6P. The maximum Gasteiger partial charge on any atom is 0.410 e. The monoisotopic (exact) mass is 390 g/mol. The van der Waals surface area contributed by atoms with E-state index in [2.05, 4.69) is 0 Å². The first-order valence-electron chi connectivity index (χ1n) is 8.55. The molecule has 0 N–H and O–H groups in total. The van der Waals surface area contributed by atoms with Gasteiger partial charge in [0, 0.05) is 6.08 Å². The molecule has 1 unspecified atom stereocenters. The van der Waals surface area contributed by atoms with Crippen molar-refractivity contribution in [1.82, 2.24) is 0 Å². The van der Waals surface area contributed by atoms with Gasteiger partial charge in [0.15, 0.2) is 11.5 Å². The van der Waals surface area contributed by atoms with E-state index in [1.54, 1.807) is 62.4 Å². The molecule has 0 bridgehead atoms. The molecule has 2 aromatic carbocycles. The number of ether oxygens (including phenoxy) is 2. The fraction of sp³-hybridized carbons (Fsp3) is 0.250. The van der Waals surface area contributed by atoms with Gasteiger partial charge < -0.3 is 14.0 Å². The first-order chi connectivity index (χ1) is 13.0. The molecule has 7 heteroatoms. The number of methoxy groups -OCH3 is 1. The molecule has 0 fully saturated rings. The van der Waals surface area contributed by atoms with Crippen LogP contribution in [0, 0.1) is 0 Å². The van der Waals surface area contributed by atoms with Gasteiger partial charge >= 0.3 is 13.6 Å².